The standard InChI is InChI=1S/C16H33NO/c1-14(2)13-15-9-5-4-6-10-16(15)17(3)11-7-8-12-18/h14-16,18H,4-13H2,1-3H3. The van der Waals surface area contributed by atoms with Crippen LogP contribution in [-0.4, -0.2) is 36.2 Å². The van der Waals surface area contributed by atoms with Crippen LogP contribution in [0.15, 0.2) is 0 Å². The summed E-state index contributed by atoms with van der Waals surface area (Å²) < 4.78 is 0. The van der Waals surface area contributed by atoms with Crippen LogP contribution in [0.1, 0.15) is 65.2 Å². The van der Waals surface area contributed by atoms with E-state index in [0.29, 0.717) is 6.61 Å². The molecule has 2 nitrogen and oxygen atoms in total. The Kier molecular flexibility index (Phi) is 7.92. The molecule has 0 bridgehead atoms. The second-order valence-corrected chi connectivity index (χ2v) is 6.51. The average molecular weight is 255 g/mol. The molecule has 0 aliphatic heterocycles. The SMILES string of the molecule is CC(C)CC1CCCCCC1N(C)CCCCO. The zero-order chi connectivity index (χ0) is 13.4. The number of rotatable bonds is 7. The summed E-state index contributed by atoms with van der Waals surface area (Å²) in [5.41, 5.74) is 0. The summed E-state index contributed by atoms with van der Waals surface area (Å²) in [6.45, 7) is 6.20. The number of hydrogen-bond donors (Lipinski definition) is 1. The molecular formula is C16H33NO. The monoisotopic (exact) mass is 255 g/mol. The van der Waals surface area contributed by atoms with Gasteiger partial charge in [0.2, 0.25) is 0 Å². The normalized spacial score (nSPS) is 25.7. The van der Waals surface area contributed by atoms with Crippen LogP contribution in [0.2, 0.25) is 0 Å². The summed E-state index contributed by atoms with van der Waals surface area (Å²) in [4.78, 5) is 2.58. The Hall–Kier alpha value is -0.0800. The third-order valence-electron chi connectivity index (χ3n) is 4.38. The van der Waals surface area contributed by atoms with E-state index in [-0.39, 0.29) is 0 Å². The lowest BCUT2D eigenvalue weighted by Gasteiger charge is -2.34. The number of nitrogens with zero attached hydrogens (tertiary/aromatic N) is 1. The molecular weight excluding hydrogens is 222 g/mol. The Morgan fingerprint density at radius 3 is 2.50 bits per heavy atom. The van der Waals surface area contributed by atoms with E-state index in [0.717, 1.165) is 37.3 Å². The minimum absolute atomic E-state index is 0.341. The maximum Gasteiger partial charge on any atom is 0.0431 e. The van der Waals surface area contributed by atoms with Gasteiger partial charge in [-0.15, -0.1) is 0 Å². The Labute approximate surface area is 114 Å². The van der Waals surface area contributed by atoms with Gasteiger partial charge in [-0.1, -0.05) is 33.1 Å². The van der Waals surface area contributed by atoms with E-state index in [4.69, 9.17) is 5.11 Å². The molecule has 0 amide bonds. The minimum atomic E-state index is 0.341. The first-order chi connectivity index (χ1) is 8.65. The van der Waals surface area contributed by atoms with E-state index in [1.165, 1.54) is 38.5 Å². The molecule has 1 rings (SSSR count). The summed E-state index contributed by atoms with van der Waals surface area (Å²) in [6.07, 6.45) is 10.5. The number of unbranched alkanes of at least 4 members (excludes halogenated alkanes) is 1. The molecule has 1 saturated carbocycles. The fourth-order valence-corrected chi connectivity index (χ4v) is 3.46. The van der Waals surface area contributed by atoms with Crippen molar-refractivity contribution >= 4 is 0 Å². The van der Waals surface area contributed by atoms with E-state index in [2.05, 4.69) is 25.8 Å². The molecule has 2 atom stereocenters. The van der Waals surface area contributed by atoms with Crippen molar-refractivity contribution in [1.29, 1.82) is 0 Å². The molecule has 0 aromatic heterocycles. The molecule has 0 saturated heterocycles. The van der Waals surface area contributed by atoms with Gasteiger partial charge < -0.3 is 10.0 Å². The van der Waals surface area contributed by atoms with Gasteiger partial charge in [0.05, 0.1) is 0 Å². The topological polar surface area (TPSA) is 23.5 Å². The molecule has 108 valence electrons. The van der Waals surface area contributed by atoms with E-state index in [1.54, 1.807) is 0 Å². The third-order valence-corrected chi connectivity index (χ3v) is 4.38. The molecule has 2 heteroatoms. The smallest absolute Gasteiger partial charge is 0.0431 e. The molecule has 1 fully saturated rings. The maximum atomic E-state index is 8.89. The van der Waals surface area contributed by atoms with Crippen LogP contribution >= 0.6 is 0 Å². The molecule has 0 aromatic carbocycles. The lowest BCUT2D eigenvalue weighted by atomic mass is 9.86. The van der Waals surface area contributed by atoms with E-state index >= 15 is 0 Å². The minimum Gasteiger partial charge on any atom is -0.396 e. The Morgan fingerprint density at radius 1 is 1.11 bits per heavy atom. The van der Waals surface area contributed by atoms with Gasteiger partial charge in [0.25, 0.3) is 0 Å². The van der Waals surface area contributed by atoms with Gasteiger partial charge in [-0.25, -0.2) is 0 Å². The fourth-order valence-electron chi connectivity index (χ4n) is 3.46. The highest BCUT2D eigenvalue weighted by Gasteiger charge is 2.27. The number of aliphatic hydroxyl groups excluding tert-OH is 1. The first kappa shape index (κ1) is 16.0. The molecule has 0 spiro atoms. The molecule has 18 heavy (non-hydrogen) atoms. The second kappa shape index (κ2) is 8.92. The van der Waals surface area contributed by atoms with Gasteiger partial charge in [0.15, 0.2) is 0 Å². The summed E-state index contributed by atoms with van der Waals surface area (Å²) in [7, 11) is 2.29. The van der Waals surface area contributed by atoms with Crippen molar-refractivity contribution in [1.82, 2.24) is 4.90 Å². The van der Waals surface area contributed by atoms with Gasteiger partial charge >= 0.3 is 0 Å². The van der Waals surface area contributed by atoms with Crippen LogP contribution in [0.25, 0.3) is 0 Å². The zero-order valence-electron chi connectivity index (χ0n) is 12.7. The Morgan fingerprint density at radius 2 is 1.83 bits per heavy atom. The van der Waals surface area contributed by atoms with Crippen molar-refractivity contribution in [2.75, 3.05) is 20.2 Å². The van der Waals surface area contributed by atoms with Crippen LogP contribution in [0, 0.1) is 11.8 Å². The second-order valence-electron chi connectivity index (χ2n) is 6.51. The van der Waals surface area contributed by atoms with Gasteiger partial charge in [-0.3, -0.25) is 0 Å². The van der Waals surface area contributed by atoms with Gasteiger partial charge in [-0.2, -0.15) is 0 Å². The lowest BCUT2D eigenvalue weighted by molar-refractivity contribution is 0.143. The third kappa shape index (κ3) is 5.71. The fraction of sp³-hybridized carbons (Fsp3) is 1.00. The van der Waals surface area contributed by atoms with Crippen molar-refractivity contribution in [3.05, 3.63) is 0 Å². The van der Waals surface area contributed by atoms with E-state index in [9.17, 15) is 0 Å². The number of hydrogen-bond acceptors (Lipinski definition) is 2. The first-order valence-electron chi connectivity index (χ1n) is 7.96. The predicted molar refractivity (Wildman–Crippen MR) is 78.8 cm³/mol. The summed E-state index contributed by atoms with van der Waals surface area (Å²) in [6, 6.07) is 0.786. The van der Waals surface area contributed by atoms with Crippen LogP contribution in [0.5, 0.6) is 0 Å². The Bertz CT molecular complexity index is 205. The zero-order valence-corrected chi connectivity index (χ0v) is 12.7. The van der Waals surface area contributed by atoms with Crippen molar-refractivity contribution in [2.45, 2.75) is 71.3 Å². The molecule has 1 aliphatic carbocycles. The molecule has 0 radical (unpaired) electrons. The van der Waals surface area contributed by atoms with Crippen molar-refractivity contribution in [3.8, 4) is 0 Å². The molecule has 2 unspecified atom stereocenters. The van der Waals surface area contributed by atoms with Gasteiger partial charge in [-0.05, 0) is 57.5 Å². The van der Waals surface area contributed by atoms with Crippen LogP contribution in [0.4, 0.5) is 0 Å². The molecule has 0 aromatic rings. The molecule has 0 heterocycles. The van der Waals surface area contributed by atoms with Crippen LogP contribution < -0.4 is 0 Å². The van der Waals surface area contributed by atoms with Gasteiger partial charge in [0.1, 0.15) is 0 Å². The first-order valence-corrected chi connectivity index (χ1v) is 7.96. The highest BCUT2D eigenvalue weighted by molar-refractivity contribution is 4.81. The summed E-state index contributed by atoms with van der Waals surface area (Å²) >= 11 is 0. The highest BCUT2D eigenvalue weighted by Crippen LogP contribution is 2.31. The van der Waals surface area contributed by atoms with E-state index < -0.39 is 0 Å². The van der Waals surface area contributed by atoms with Crippen LogP contribution in [-0.2, 0) is 0 Å². The molecule has 1 N–H and O–H groups in total. The quantitative estimate of drug-likeness (QED) is 0.554. The average Bonchev–Trinajstić information content (AvgIpc) is 2.54. The highest BCUT2D eigenvalue weighted by atomic mass is 16.2. The summed E-state index contributed by atoms with van der Waals surface area (Å²) in [5.74, 6) is 1.72. The molecule has 1 aliphatic rings. The van der Waals surface area contributed by atoms with Crippen molar-refractivity contribution in [3.63, 3.8) is 0 Å². The van der Waals surface area contributed by atoms with Crippen molar-refractivity contribution < 1.29 is 5.11 Å². The lowest BCUT2D eigenvalue weighted by Crippen LogP contribution is -2.38. The van der Waals surface area contributed by atoms with E-state index in [1.807, 2.05) is 0 Å². The van der Waals surface area contributed by atoms with Crippen molar-refractivity contribution in [2.24, 2.45) is 11.8 Å². The predicted octanol–water partition coefficient (Wildman–Crippen LogP) is 3.69. The maximum absolute atomic E-state index is 8.89. The number of aliphatic hydroxyl groups is 1. The largest absolute Gasteiger partial charge is 0.396 e. The van der Waals surface area contributed by atoms with Gasteiger partial charge in [0, 0.05) is 12.6 Å². The Balaban J connectivity index is 2.49. The summed E-state index contributed by atoms with van der Waals surface area (Å²) in [5, 5.41) is 8.89. The van der Waals surface area contributed by atoms with Crippen LogP contribution in [0.3, 0.4) is 0 Å².